The van der Waals surface area contributed by atoms with Gasteiger partial charge in [-0.05, 0) is 44.1 Å². The van der Waals surface area contributed by atoms with Crippen molar-refractivity contribution in [3.63, 3.8) is 0 Å². The molecule has 2 bridgehead atoms. The Kier molecular flexibility index (Phi) is 3.76. The van der Waals surface area contributed by atoms with Crippen LogP contribution >= 0.6 is 0 Å². The average Bonchev–Trinajstić information content (AvgIpc) is 2.87. The molecule has 2 unspecified atom stereocenters. The minimum atomic E-state index is -0.390. The molecule has 3 aliphatic rings. The lowest BCUT2D eigenvalue weighted by Gasteiger charge is -2.45. The number of amides is 1. The van der Waals surface area contributed by atoms with Crippen LogP contribution in [0, 0.1) is 0 Å². The third-order valence-electron chi connectivity index (χ3n) is 5.99. The lowest BCUT2D eigenvalue weighted by atomic mass is 9.72. The Morgan fingerprint density at radius 2 is 1.70 bits per heavy atom. The highest BCUT2D eigenvalue weighted by molar-refractivity contribution is 5.89. The van der Waals surface area contributed by atoms with Crippen molar-refractivity contribution in [2.24, 2.45) is 0 Å². The van der Waals surface area contributed by atoms with Crippen LogP contribution in [0.25, 0.3) is 0 Å². The van der Waals surface area contributed by atoms with Gasteiger partial charge in [-0.2, -0.15) is 0 Å². The van der Waals surface area contributed by atoms with Crippen LogP contribution in [0.2, 0.25) is 0 Å². The van der Waals surface area contributed by atoms with Crippen molar-refractivity contribution in [1.82, 2.24) is 4.90 Å². The monoisotopic (exact) mass is 311 g/mol. The molecule has 2 atom stereocenters. The Hall–Kier alpha value is -1.61. The summed E-state index contributed by atoms with van der Waals surface area (Å²) in [4.78, 5) is 15.9. The van der Waals surface area contributed by atoms with E-state index in [4.69, 9.17) is 4.74 Å². The summed E-state index contributed by atoms with van der Waals surface area (Å²) in [6, 6.07) is 11.1. The van der Waals surface area contributed by atoms with Gasteiger partial charge in [0.15, 0.2) is 0 Å². The molecule has 23 heavy (non-hydrogen) atoms. The Bertz CT molecular complexity index is 587. The fourth-order valence-corrected chi connectivity index (χ4v) is 4.79. The third-order valence-corrected chi connectivity index (χ3v) is 5.99. The molecule has 3 nitrogen and oxygen atoms in total. The first-order valence-electron chi connectivity index (χ1n) is 8.83. The van der Waals surface area contributed by atoms with Crippen LogP contribution in [-0.4, -0.2) is 36.1 Å². The molecule has 1 amide bonds. The van der Waals surface area contributed by atoms with E-state index in [0.717, 1.165) is 44.1 Å². The van der Waals surface area contributed by atoms with Crippen molar-refractivity contribution >= 4 is 5.91 Å². The van der Waals surface area contributed by atoms with Gasteiger partial charge in [-0.25, -0.2) is 0 Å². The van der Waals surface area contributed by atoms with Gasteiger partial charge in [-0.1, -0.05) is 42.5 Å². The van der Waals surface area contributed by atoms with Gasteiger partial charge in [0.05, 0.1) is 5.41 Å². The predicted molar refractivity (Wildman–Crippen MR) is 90.2 cm³/mol. The average molecular weight is 311 g/mol. The van der Waals surface area contributed by atoms with Gasteiger partial charge >= 0.3 is 0 Å². The molecule has 0 saturated carbocycles. The van der Waals surface area contributed by atoms with Crippen molar-refractivity contribution in [3.05, 3.63) is 48.0 Å². The van der Waals surface area contributed by atoms with Gasteiger partial charge in [0, 0.05) is 25.3 Å². The van der Waals surface area contributed by atoms with E-state index in [-0.39, 0.29) is 5.41 Å². The molecular weight excluding hydrogens is 286 g/mol. The van der Waals surface area contributed by atoms with Crippen molar-refractivity contribution in [2.75, 3.05) is 13.2 Å². The van der Waals surface area contributed by atoms with Crippen LogP contribution in [0.15, 0.2) is 42.5 Å². The fourth-order valence-electron chi connectivity index (χ4n) is 4.79. The Labute approximate surface area is 138 Å². The molecule has 3 aliphatic heterocycles. The smallest absolute Gasteiger partial charge is 0.233 e. The largest absolute Gasteiger partial charge is 0.381 e. The van der Waals surface area contributed by atoms with E-state index < -0.39 is 0 Å². The molecule has 0 aromatic heterocycles. The third kappa shape index (κ3) is 2.42. The summed E-state index contributed by atoms with van der Waals surface area (Å²) in [5.41, 5.74) is 2.10. The van der Waals surface area contributed by atoms with Crippen LogP contribution in [-0.2, 0) is 14.9 Å². The molecule has 0 spiro atoms. The van der Waals surface area contributed by atoms with Gasteiger partial charge in [0.2, 0.25) is 5.91 Å². The molecule has 0 radical (unpaired) electrons. The maximum absolute atomic E-state index is 13.7. The minimum absolute atomic E-state index is 0.340. The summed E-state index contributed by atoms with van der Waals surface area (Å²) in [6.07, 6.45) is 5.85. The quantitative estimate of drug-likeness (QED) is 0.783. The number of fused-ring (bicyclic) bond motifs is 2. The van der Waals surface area contributed by atoms with E-state index in [0.29, 0.717) is 31.2 Å². The molecule has 4 rings (SSSR count). The zero-order chi connectivity index (χ0) is 15.9. The first-order chi connectivity index (χ1) is 11.2. The van der Waals surface area contributed by atoms with E-state index in [1.165, 1.54) is 5.57 Å². The number of piperidine rings is 1. The second kappa shape index (κ2) is 5.79. The first-order valence-corrected chi connectivity index (χ1v) is 8.83. The zero-order valence-corrected chi connectivity index (χ0v) is 13.7. The summed E-state index contributed by atoms with van der Waals surface area (Å²) >= 11 is 0. The van der Waals surface area contributed by atoms with Crippen LogP contribution in [0.3, 0.4) is 0 Å². The van der Waals surface area contributed by atoms with Crippen LogP contribution in [0.1, 0.15) is 44.1 Å². The number of hydrogen-bond acceptors (Lipinski definition) is 2. The number of ether oxygens (including phenoxy) is 1. The van der Waals surface area contributed by atoms with Gasteiger partial charge in [-0.3, -0.25) is 4.79 Å². The Morgan fingerprint density at radius 1 is 1.09 bits per heavy atom. The Balaban J connectivity index is 1.70. The van der Waals surface area contributed by atoms with Crippen molar-refractivity contribution in [2.45, 2.75) is 56.0 Å². The molecule has 122 valence electrons. The lowest BCUT2D eigenvalue weighted by Crippen LogP contribution is -2.55. The standard InChI is InChI=1S/C20H25NO2/c1-15-13-17-7-8-18(14-15)21(17)19(22)20(9-11-23-12-10-20)16-5-3-2-4-6-16/h2-6,17-18H,1,7-14H2. The SMILES string of the molecule is C=C1CC2CCC(C1)N2C(=O)C1(c2ccccc2)CCOCC1. The summed E-state index contributed by atoms with van der Waals surface area (Å²) < 4.78 is 5.59. The maximum atomic E-state index is 13.7. The molecule has 3 heteroatoms. The summed E-state index contributed by atoms with van der Waals surface area (Å²) in [5, 5.41) is 0. The van der Waals surface area contributed by atoms with E-state index in [9.17, 15) is 4.79 Å². The normalized spacial score (nSPS) is 29.6. The van der Waals surface area contributed by atoms with Gasteiger partial charge < -0.3 is 9.64 Å². The van der Waals surface area contributed by atoms with Gasteiger partial charge in [0.25, 0.3) is 0 Å². The highest BCUT2D eigenvalue weighted by atomic mass is 16.5. The molecule has 3 saturated heterocycles. The number of carbonyl (C=O) groups excluding carboxylic acids is 1. The molecule has 0 N–H and O–H groups in total. The highest BCUT2D eigenvalue weighted by Gasteiger charge is 2.50. The van der Waals surface area contributed by atoms with E-state index in [1.54, 1.807) is 0 Å². The Morgan fingerprint density at radius 3 is 2.30 bits per heavy atom. The first kappa shape index (κ1) is 14.9. The van der Waals surface area contributed by atoms with Crippen molar-refractivity contribution in [1.29, 1.82) is 0 Å². The molecule has 3 fully saturated rings. The number of nitrogens with zero attached hydrogens (tertiary/aromatic N) is 1. The second-order valence-electron chi connectivity index (χ2n) is 7.32. The summed E-state index contributed by atoms with van der Waals surface area (Å²) in [5.74, 6) is 0.340. The van der Waals surface area contributed by atoms with E-state index in [1.807, 2.05) is 18.2 Å². The zero-order valence-electron chi connectivity index (χ0n) is 13.7. The van der Waals surface area contributed by atoms with Crippen LogP contribution in [0.5, 0.6) is 0 Å². The second-order valence-corrected chi connectivity index (χ2v) is 7.32. The lowest BCUT2D eigenvalue weighted by molar-refractivity contribution is -0.145. The van der Waals surface area contributed by atoms with Gasteiger partial charge in [-0.15, -0.1) is 0 Å². The van der Waals surface area contributed by atoms with Crippen LogP contribution < -0.4 is 0 Å². The topological polar surface area (TPSA) is 29.5 Å². The van der Waals surface area contributed by atoms with E-state index in [2.05, 4.69) is 23.6 Å². The van der Waals surface area contributed by atoms with Crippen molar-refractivity contribution in [3.8, 4) is 0 Å². The number of hydrogen-bond donors (Lipinski definition) is 0. The molecule has 1 aromatic rings. The van der Waals surface area contributed by atoms with Crippen molar-refractivity contribution < 1.29 is 9.53 Å². The number of rotatable bonds is 2. The number of benzene rings is 1. The van der Waals surface area contributed by atoms with Crippen LogP contribution in [0.4, 0.5) is 0 Å². The fraction of sp³-hybridized carbons (Fsp3) is 0.550. The molecular formula is C20H25NO2. The molecule has 1 aromatic carbocycles. The van der Waals surface area contributed by atoms with Gasteiger partial charge in [0.1, 0.15) is 0 Å². The molecule has 3 heterocycles. The molecule has 0 aliphatic carbocycles. The van der Waals surface area contributed by atoms with E-state index >= 15 is 0 Å². The predicted octanol–water partition coefficient (Wildman–Crippen LogP) is 3.44. The highest BCUT2D eigenvalue weighted by Crippen LogP contribution is 2.44. The summed E-state index contributed by atoms with van der Waals surface area (Å²) in [6.45, 7) is 5.53. The maximum Gasteiger partial charge on any atom is 0.233 e. The minimum Gasteiger partial charge on any atom is -0.381 e. The number of carbonyl (C=O) groups is 1. The summed E-state index contributed by atoms with van der Waals surface area (Å²) in [7, 11) is 0.